The number of aryl methyl sites for hydroxylation is 5. The Bertz CT molecular complexity index is 5020. The Balaban J connectivity index is 0.000000190. The number of nitrogens with zero attached hydrogens (tertiary/aromatic N) is 12. The number of halogens is 6. The highest BCUT2D eigenvalue weighted by atomic mass is 19.4. The van der Waals surface area contributed by atoms with Crippen molar-refractivity contribution in [3.8, 4) is 22.3 Å². The third kappa shape index (κ3) is 15.3. The molecule has 2 amide bonds. The number of allylic oxidation sites excluding steroid dienone is 2. The van der Waals surface area contributed by atoms with Crippen molar-refractivity contribution >= 4 is 68.3 Å². The van der Waals surface area contributed by atoms with Crippen LogP contribution in [0.1, 0.15) is 209 Å². The van der Waals surface area contributed by atoms with Crippen LogP contribution in [0.2, 0.25) is 0 Å². The number of benzene rings is 2. The third-order valence-electron chi connectivity index (χ3n) is 23.5. The fourth-order valence-corrected chi connectivity index (χ4v) is 16.9. The molecule has 2 aliphatic carbocycles. The maximum Gasteiger partial charge on any atom is 0.433 e. The van der Waals surface area contributed by atoms with Gasteiger partial charge in [0, 0.05) is 96.3 Å². The molecule has 10 heterocycles. The Morgan fingerprint density at radius 1 is 0.500 bits per heavy atom. The number of carbonyl (C=O) groups is 8. The second kappa shape index (κ2) is 28.9. The highest BCUT2D eigenvalue weighted by molar-refractivity contribution is 6.08. The minimum atomic E-state index is -4.68. The molecule has 6 aromatic heterocycles. The maximum atomic E-state index is 14.6. The van der Waals surface area contributed by atoms with Crippen molar-refractivity contribution in [2.45, 2.75) is 234 Å². The van der Waals surface area contributed by atoms with Gasteiger partial charge in [0.2, 0.25) is 11.8 Å². The topological polar surface area (TPSA) is 256 Å². The van der Waals surface area contributed by atoms with E-state index in [1.165, 1.54) is 26.0 Å². The zero-order chi connectivity index (χ0) is 77.5. The monoisotopic (exact) mass is 1480 g/mol. The molecule has 4 aliphatic heterocycles. The summed E-state index contributed by atoms with van der Waals surface area (Å²) in [5, 5.41) is 10.6. The van der Waals surface area contributed by atoms with Crippen LogP contribution in [-0.2, 0) is 79.9 Å². The van der Waals surface area contributed by atoms with Crippen molar-refractivity contribution in [1.82, 2.24) is 59.3 Å². The molecular formula is C82H88F6N12O8. The van der Waals surface area contributed by atoms with Crippen LogP contribution in [0.15, 0.2) is 85.5 Å². The van der Waals surface area contributed by atoms with Gasteiger partial charge < -0.3 is 9.80 Å². The molecule has 0 unspecified atom stereocenters. The van der Waals surface area contributed by atoms with Crippen LogP contribution in [-0.4, -0.2) is 130 Å². The lowest BCUT2D eigenvalue weighted by atomic mass is 9.79. The standard InChI is InChI=1S/C41H45F3N6O4.C41H43F3N6O4/c2*1-23-10-11-33(41(42,43)44)47-30(23)17-32(52)31-18-40-14-12-35(53)39(4,5)13-8-6-7-9-26-15-27(28-20-45-25(3)46-21-28)16-29-37(24(2)51)48-49(38(26)29)22-36(54)50(31)34(40)19-40/h10-11,15-16,20-21,31,34H,6-9,12-14,17-19,22H2,1-5H3;6-7,10-11,15-16,20-21,31,34H,8-9,12-14,17-19,22H2,1-5H3/b;7-6+/t2*31-,34+,40-/m00/s1. The highest BCUT2D eigenvalue weighted by Gasteiger charge is 2.68. The molecule has 2 aromatic carbocycles. The molecule has 4 bridgehead atoms. The molecule has 4 fully saturated rings. The number of amides is 2. The number of rotatable bonds is 10. The van der Waals surface area contributed by atoms with Gasteiger partial charge in [-0.25, -0.2) is 29.9 Å². The van der Waals surface area contributed by atoms with Gasteiger partial charge in [0.15, 0.2) is 23.1 Å². The summed E-state index contributed by atoms with van der Waals surface area (Å²) >= 11 is 0. The number of piperidine rings is 2. The minimum Gasteiger partial charge on any atom is -0.327 e. The third-order valence-corrected chi connectivity index (χ3v) is 23.5. The number of carbonyl (C=O) groups excluding carboxylic acids is 8. The molecule has 0 radical (unpaired) electrons. The van der Waals surface area contributed by atoms with Crippen LogP contribution in [0, 0.1) is 49.4 Å². The number of Topliss-reactive ketones (excluding diaryl/α,β-unsaturated/α-hetero) is 6. The van der Waals surface area contributed by atoms with Crippen molar-refractivity contribution < 1.29 is 64.7 Å². The van der Waals surface area contributed by atoms with Gasteiger partial charge in [-0.3, -0.25) is 47.7 Å². The van der Waals surface area contributed by atoms with Crippen LogP contribution >= 0.6 is 0 Å². The fourth-order valence-electron chi connectivity index (χ4n) is 16.9. The summed E-state index contributed by atoms with van der Waals surface area (Å²) < 4.78 is 84.6. The van der Waals surface area contributed by atoms with E-state index in [0.29, 0.717) is 122 Å². The second-order valence-electron chi connectivity index (χ2n) is 32.0. The van der Waals surface area contributed by atoms with E-state index < -0.39 is 69.1 Å². The quantitative estimate of drug-likeness (QED) is 0.0700. The lowest BCUT2D eigenvalue weighted by molar-refractivity contribution is -0.142. The molecule has 2 saturated heterocycles. The molecule has 8 aromatic rings. The summed E-state index contributed by atoms with van der Waals surface area (Å²) in [6.07, 6.45) is 10.0. The van der Waals surface area contributed by atoms with E-state index in [9.17, 15) is 64.7 Å². The number of alkyl halides is 6. The van der Waals surface area contributed by atoms with Crippen LogP contribution in [0.25, 0.3) is 44.1 Å². The molecule has 0 N–H and O–H groups in total. The highest BCUT2D eigenvalue weighted by Crippen LogP contribution is 2.64. The average Bonchev–Trinajstić information content (AvgIpc) is 1.54. The molecule has 108 heavy (non-hydrogen) atoms. The first-order chi connectivity index (χ1) is 50.9. The Labute approximate surface area is 621 Å². The zero-order valence-electron chi connectivity index (χ0n) is 62.4. The van der Waals surface area contributed by atoms with Gasteiger partial charge in [0.1, 0.15) is 59.1 Å². The van der Waals surface area contributed by atoms with Gasteiger partial charge in [0.25, 0.3) is 0 Å². The summed E-state index contributed by atoms with van der Waals surface area (Å²) in [6, 6.07) is 9.70. The summed E-state index contributed by atoms with van der Waals surface area (Å²) in [7, 11) is 0. The predicted octanol–water partition coefficient (Wildman–Crippen LogP) is 14.6. The fraction of sp³-hybridized carbons (Fsp3) is 0.488. The first kappa shape index (κ1) is 76.3. The molecule has 20 nitrogen and oxygen atoms in total. The van der Waals surface area contributed by atoms with E-state index in [1.54, 1.807) is 71.6 Å². The largest absolute Gasteiger partial charge is 0.433 e. The molecule has 14 rings (SSSR count). The van der Waals surface area contributed by atoms with Gasteiger partial charge >= 0.3 is 12.4 Å². The van der Waals surface area contributed by atoms with Crippen molar-refractivity contribution in [3.05, 3.63) is 154 Å². The molecule has 26 heteroatoms. The van der Waals surface area contributed by atoms with Gasteiger partial charge in [-0.1, -0.05) is 64.8 Å². The number of pyridine rings is 2. The molecule has 6 atom stereocenters. The zero-order valence-corrected chi connectivity index (χ0v) is 62.4. The number of ketones is 6. The van der Waals surface area contributed by atoms with Crippen LogP contribution in [0.4, 0.5) is 26.3 Å². The van der Waals surface area contributed by atoms with Gasteiger partial charge in [0.05, 0.1) is 47.3 Å². The van der Waals surface area contributed by atoms with Crippen LogP contribution < -0.4 is 0 Å². The Morgan fingerprint density at radius 3 is 1.36 bits per heavy atom. The SMILES string of the molecule is CC(=O)c1nn2c3c(cc(-c4cnc(C)nc4)cc13)C/C=C/CCC(C)(C)C(=O)CC[C@@]13C[C@@H](C(=O)Cc4nc(C(F)(F)F)ccc4C)N(C(=O)C2)[C@@H]1C3.CC(=O)c1nn2c3c(cc(-c4cnc(C)nc4)cc13)CCCCCC(C)(C)C(=O)CC[C@@]13C[C@@H](C(=O)Cc4nc(C(F)(F)F)ccc4C)N(C(=O)C2)[C@@H]1C3. The number of hydrogen-bond donors (Lipinski definition) is 0. The second-order valence-corrected chi connectivity index (χ2v) is 32.0. The van der Waals surface area contributed by atoms with E-state index in [4.69, 9.17) is 5.10 Å². The first-order valence-electron chi connectivity index (χ1n) is 37.1. The number of aromatic nitrogens is 10. The summed E-state index contributed by atoms with van der Waals surface area (Å²) in [4.78, 5) is 139. The van der Waals surface area contributed by atoms with E-state index in [-0.39, 0.29) is 95.7 Å². The molecule has 2 saturated carbocycles. The van der Waals surface area contributed by atoms with Gasteiger partial charge in [-0.15, -0.1) is 0 Å². The van der Waals surface area contributed by atoms with E-state index in [2.05, 4.69) is 41.1 Å². The summed E-state index contributed by atoms with van der Waals surface area (Å²) in [5.74, 6) is -0.602. The normalized spacial score (nSPS) is 23.4. The molecule has 6 aliphatic rings. The Morgan fingerprint density at radius 2 is 0.926 bits per heavy atom. The minimum absolute atomic E-state index is 0.0138. The smallest absolute Gasteiger partial charge is 0.327 e. The lowest BCUT2D eigenvalue weighted by Gasteiger charge is -2.27. The predicted molar refractivity (Wildman–Crippen MR) is 389 cm³/mol. The number of hydrogen-bond acceptors (Lipinski definition) is 16. The maximum absolute atomic E-state index is 14.6. The van der Waals surface area contributed by atoms with Crippen LogP contribution in [0.5, 0.6) is 0 Å². The van der Waals surface area contributed by atoms with Gasteiger partial charge in [-0.05, 0) is 185 Å². The van der Waals surface area contributed by atoms with E-state index in [0.717, 1.165) is 71.2 Å². The Hall–Kier alpha value is -9.88. The van der Waals surface area contributed by atoms with Crippen molar-refractivity contribution in [3.63, 3.8) is 0 Å². The molecular weight excluding hydrogens is 1390 g/mol. The van der Waals surface area contributed by atoms with Crippen LogP contribution in [0.3, 0.4) is 0 Å². The van der Waals surface area contributed by atoms with Crippen molar-refractivity contribution in [2.24, 2.45) is 21.7 Å². The molecule has 0 spiro atoms. The van der Waals surface area contributed by atoms with E-state index in [1.807, 2.05) is 58.0 Å². The molecule has 566 valence electrons. The van der Waals surface area contributed by atoms with E-state index >= 15 is 0 Å². The van der Waals surface area contributed by atoms with Crippen molar-refractivity contribution in [1.29, 1.82) is 0 Å². The average molecular weight is 1480 g/mol. The van der Waals surface area contributed by atoms with Gasteiger partial charge in [-0.2, -0.15) is 36.5 Å². The summed E-state index contributed by atoms with van der Waals surface area (Å²) in [5.41, 5.74) is 3.26. The summed E-state index contributed by atoms with van der Waals surface area (Å²) in [6.45, 7) is 17.0. The lowest BCUT2D eigenvalue weighted by Crippen LogP contribution is -2.45. The first-order valence-corrected chi connectivity index (χ1v) is 37.1. The van der Waals surface area contributed by atoms with Crippen molar-refractivity contribution in [2.75, 3.05) is 0 Å². The Kier molecular flexibility index (Phi) is 20.4.